The number of amides is 1. The van der Waals surface area contributed by atoms with E-state index in [1.807, 2.05) is 48.5 Å². The van der Waals surface area contributed by atoms with E-state index in [-0.39, 0.29) is 12.5 Å². The van der Waals surface area contributed by atoms with Gasteiger partial charge in [-0.25, -0.2) is 0 Å². The van der Waals surface area contributed by atoms with Crippen LogP contribution in [0, 0.1) is 0 Å². The molecule has 2 aromatic carbocycles. The first-order valence-corrected chi connectivity index (χ1v) is 9.64. The van der Waals surface area contributed by atoms with E-state index < -0.39 is 0 Å². The van der Waals surface area contributed by atoms with Crippen molar-refractivity contribution in [1.82, 2.24) is 14.7 Å². The van der Waals surface area contributed by atoms with Crippen LogP contribution < -0.4 is 5.32 Å². The summed E-state index contributed by atoms with van der Waals surface area (Å²) >= 11 is 5.92. The van der Waals surface area contributed by atoms with Crippen molar-refractivity contribution in [3.63, 3.8) is 0 Å². The molecule has 0 unspecified atom stereocenters. The van der Waals surface area contributed by atoms with Crippen molar-refractivity contribution in [2.45, 2.75) is 19.9 Å². The molecule has 2 aromatic heterocycles. The Morgan fingerprint density at radius 2 is 1.86 bits per heavy atom. The van der Waals surface area contributed by atoms with Gasteiger partial charge in [0.25, 0.3) is 5.89 Å². The second kappa shape index (κ2) is 8.32. The molecule has 0 fully saturated rings. The van der Waals surface area contributed by atoms with Crippen LogP contribution in [0.25, 0.3) is 23.0 Å². The van der Waals surface area contributed by atoms with Crippen LogP contribution in [0.2, 0.25) is 5.02 Å². The largest absolute Gasteiger partial charge is 0.334 e. The maximum atomic E-state index is 12.5. The van der Waals surface area contributed by atoms with Gasteiger partial charge in [-0.3, -0.25) is 4.79 Å². The van der Waals surface area contributed by atoms with E-state index >= 15 is 0 Å². The molecule has 1 N–H and O–H groups in total. The number of anilines is 1. The van der Waals surface area contributed by atoms with Crippen LogP contribution >= 0.6 is 11.6 Å². The van der Waals surface area contributed by atoms with Crippen molar-refractivity contribution in [1.29, 1.82) is 0 Å². The van der Waals surface area contributed by atoms with E-state index in [1.54, 1.807) is 22.9 Å². The highest BCUT2D eigenvalue weighted by Crippen LogP contribution is 2.24. The minimum atomic E-state index is -0.135. The third-order valence-electron chi connectivity index (χ3n) is 4.54. The molecule has 0 aliphatic heterocycles. The molecule has 4 rings (SSSR count). The SMILES string of the molecule is CCc1ccc(NC(=O)Cn2cccc2-c2nc(-c3ccc(Cl)cc3)no2)cc1. The molecule has 4 aromatic rings. The van der Waals surface area contributed by atoms with Crippen molar-refractivity contribution < 1.29 is 9.32 Å². The molecular weight excluding hydrogens is 388 g/mol. The van der Waals surface area contributed by atoms with Gasteiger partial charge in [-0.05, 0) is 60.5 Å². The standard InChI is InChI=1S/C22H19ClN4O2/c1-2-15-5-11-18(12-6-15)24-20(28)14-27-13-3-4-19(27)22-25-21(26-29-22)16-7-9-17(23)10-8-16/h3-13H,2,14H2,1H3,(H,24,28). The third-order valence-corrected chi connectivity index (χ3v) is 4.79. The lowest BCUT2D eigenvalue weighted by Crippen LogP contribution is -2.18. The van der Waals surface area contributed by atoms with Crippen LogP contribution in [-0.2, 0) is 17.8 Å². The smallest absolute Gasteiger partial charge is 0.274 e. The first-order valence-electron chi connectivity index (χ1n) is 9.26. The molecule has 29 heavy (non-hydrogen) atoms. The lowest BCUT2D eigenvalue weighted by molar-refractivity contribution is -0.116. The Kier molecular flexibility index (Phi) is 5.44. The number of halogens is 1. The van der Waals surface area contributed by atoms with E-state index in [4.69, 9.17) is 16.1 Å². The molecule has 0 atom stereocenters. The van der Waals surface area contributed by atoms with Gasteiger partial charge in [0.2, 0.25) is 11.7 Å². The summed E-state index contributed by atoms with van der Waals surface area (Å²) in [4.78, 5) is 16.9. The van der Waals surface area contributed by atoms with Gasteiger partial charge < -0.3 is 14.4 Å². The number of hydrogen-bond donors (Lipinski definition) is 1. The third kappa shape index (κ3) is 4.38. The molecule has 6 nitrogen and oxygen atoms in total. The number of nitrogens with zero attached hydrogens (tertiary/aromatic N) is 3. The summed E-state index contributed by atoms with van der Waals surface area (Å²) in [5.41, 5.74) is 3.47. The maximum Gasteiger partial charge on any atom is 0.274 e. The van der Waals surface area contributed by atoms with Gasteiger partial charge >= 0.3 is 0 Å². The van der Waals surface area contributed by atoms with Gasteiger partial charge in [0.05, 0.1) is 0 Å². The zero-order valence-corrected chi connectivity index (χ0v) is 16.6. The van der Waals surface area contributed by atoms with Crippen LogP contribution in [-0.4, -0.2) is 20.6 Å². The second-order valence-corrected chi connectivity index (χ2v) is 6.99. The number of hydrogen-bond acceptors (Lipinski definition) is 4. The zero-order chi connectivity index (χ0) is 20.2. The first-order chi connectivity index (χ1) is 14.1. The van der Waals surface area contributed by atoms with Gasteiger partial charge in [-0.2, -0.15) is 4.98 Å². The molecule has 0 aliphatic carbocycles. The summed E-state index contributed by atoms with van der Waals surface area (Å²) in [5, 5.41) is 7.58. The molecular formula is C22H19ClN4O2. The molecule has 1 amide bonds. The molecule has 146 valence electrons. The van der Waals surface area contributed by atoms with E-state index in [0.717, 1.165) is 17.7 Å². The minimum Gasteiger partial charge on any atom is -0.334 e. The van der Waals surface area contributed by atoms with Gasteiger partial charge in [0.15, 0.2) is 0 Å². The average molecular weight is 407 g/mol. The second-order valence-electron chi connectivity index (χ2n) is 6.55. The zero-order valence-electron chi connectivity index (χ0n) is 15.8. The van der Waals surface area contributed by atoms with Gasteiger partial charge in [-0.15, -0.1) is 0 Å². The van der Waals surface area contributed by atoms with Crippen LogP contribution in [0.3, 0.4) is 0 Å². The van der Waals surface area contributed by atoms with E-state index in [0.29, 0.717) is 22.4 Å². The maximum absolute atomic E-state index is 12.5. The molecule has 0 saturated carbocycles. The van der Waals surface area contributed by atoms with Crippen LogP contribution in [0.15, 0.2) is 71.4 Å². The van der Waals surface area contributed by atoms with E-state index in [2.05, 4.69) is 22.4 Å². The molecule has 0 spiro atoms. The summed E-state index contributed by atoms with van der Waals surface area (Å²) in [6.07, 6.45) is 2.77. The summed E-state index contributed by atoms with van der Waals surface area (Å²) in [5.74, 6) is 0.675. The lowest BCUT2D eigenvalue weighted by Gasteiger charge is -2.08. The number of aryl methyl sites for hydroxylation is 1. The first kappa shape index (κ1) is 19.0. The summed E-state index contributed by atoms with van der Waals surface area (Å²) < 4.78 is 7.19. The Labute approximate surface area is 173 Å². The highest BCUT2D eigenvalue weighted by molar-refractivity contribution is 6.30. The quantitative estimate of drug-likeness (QED) is 0.485. The van der Waals surface area contributed by atoms with E-state index in [1.165, 1.54) is 5.56 Å². The molecule has 0 saturated heterocycles. The van der Waals surface area contributed by atoms with Gasteiger partial charge in [0, 0.05) is 22.5 Å². The molecule has 0 aliphatic rings. The number of carbonyl (C=O) groups excluding carboxylic acids is 1. The Bertz CT molecular complexity index is 1110. The fourth-order valence-corrected chi connectivity index (χ4v) is 3.09. The fourth-order valence-electron chi connectivity index (χ4n) is 2.97. The summed E-state index contributed by atoms with van der Waals surface area (Å²) in [7, 11) is 0. The average Bonchev–Trinajstić information content (AvgIpc) is 3.38. The van der Waals surface area contributed by atoms with Crippen molar-refractivity contribution in [3.05, 3.63) is 77.4 Å². The van der Waals surface area contributed by atoms with Crippen molar-refractivity contribution in [2.24, 2.45) is 0 Å². The highest BCUT2D eigenvalue weighted by atomic mass is 35.5. The van der Waals surface area contributed by atoms with Crippen molar-refractivity contribution in [2.75, 3.05) is 5.32 Å². The molecule has 0 radical (unpaired) electrons. The molecule has 2 heterocycles. The minimum absolute atomic E-state index is 0.135. The lowest BCUT2D eigenvalue weighted by atomic mass is 10.1. The summed E-state index contributed by atoms with van der Waals surface area (Å²) in [6, 6.07) is 18.7. The monoisotopic (exact) mass is 406 g/mol. The molecule has 0 bridgehead atoms. The Morgan fingerprint density at radius 1 is 1.10 bits per heavy atom. The Morgan fingerprint density at radius 3 is 2.59 bits per heavy atom. The van der Waals surface area contributed by atoms with Crippen LogP contribution in [0.5, 0.6) is 0 Å². The number of benzene rings is 2. The number of aromatic nitrogens is 3. The van der Waals surface area contributed by atoms with Crippen molar-refractivity contribution >= 4 is 23.2 Å². The predicted molar refractivity (Wildman–Crippen MR) is 113 cm³/mol. The van der Waals surface area contributed by atoms with Gasteiger partial charge in [0.1, 0.15) is 12.2 Å². The van der Waals surface area contributed by atoms with Crippen molar-refractivity contribution in [3.8, 4) is 23.0 Å². The highest BCUT2D eigenvalue weighted by Gasteiger charge is 2.15. The topological polar surface area (TPSA) is 73.0 Å². The number of carbonyl (C=O) groups is 1. The van der Waals surface area contributed by atoms with Gasteiger partial charge in [-0.1, -0.05) is 35.8 Å². The van der Waals surface area contributed by atoms with Crippen LogP contribution in [0.4, 0.5) is 5.69 Å². The van der Waals surface area contributed by atoms with E-state index in [9.17, 15) is 4.79 Å². The predicted octanol–water partition coefficient (Wildman–Crippen LogP) is 5.06. The van der Waals surface area contributed by atoms with Crippen LogP contribution in [0.1, 0.15) is 12.5 Å². The Hall–Kier alpha value is -3.38. The number of nitrogens with one attached hydrogen (secondary N) is 1. The normalized spacial score (nSPS) is 10.8. The Balaban J connectivity index is 1.48. The number of rotatable bonds is 6. The fraction of sp³-hybridized carbons (Fsp3) is 0.136. The summed E-state index contributed by atoms with van der Waals surface area (Å²) in [6.45, 7) is 2.23. The molecule has 7 heteroatoms.